The highest BCUT2D eigenvalue weighted by Gasteiger charge is 2.16. The van der Waals surface area contributed by atoms with Gasteiger partial charge in [-0.15, -0.1) is 0 Å². The molecule has 0 spiro atoms. The molecule has 1 aromatic carbocycles. The molecule has 20 heavy (non-hydrogen) atoms. The number of non-ortho nitro benzene ring substituents is 1. The second-order valence-corrected chi connectivity index (χ2v) is 4.98. The van der Waals surface area contributed by atoms with Gasteiger partial charge in [-0.2, -0.15) is 0 Å². The molecule has 2 rings (SSSR count). The van der Waals surface area contributed by atoms with Crippen LogP contribution in [-0.4, -0.2) is 30.7 Å². The number of nitrogens with one attached hydrogen (secondary N) is 2. The van der Waals surface area contributed by atoms with Crippen LogP contribution in [0.15, 0.2) is 18.2 Å². The smallest absolute Gasteiger partial charge is 0.273 e. The number of rotatable bonds is 6. The summed E-state index contributed by atoms with van der Waals surface area (Å²) in [6, 6.07) is 5.42. The Bertz CT molecular complexity index is 459. The van der Waals surface area contributed by atoms with E-state index in [-0.39, 0.29) is 10.6 Å². The average Bonchev–Trinajstić information content (AvgIpc) is 2.46. The van der Waals surface area contributed by atoms with E-state index in [0.717, 1.165) is 50.4 Å². The maximum Gasteiger partial charge on any atom is 0.273 e. The molecule has 1 saturated heterocycles. The third kappa shape index (κ3) is 4.09. The van der Waals surface area contributed by atoms with Crippen molar-refractivity contribution in [1.82, 2.24) is 0 Å². The SMILES string of the molecule is CCCNc1cc(NC2CCOCC2)cc([N+](=O)[O-])c1. The maximum atomic E-state index is 11.0. The second kappa shape index (κ2) is 7.09. The van der Waals surface area contributed by atoms with Gasteiger partial charge in [0, 0.05) is 49.3 Å². The third-order valence-corrected chi connectivity index (χ3v) is 3.30. The van der Waals surface area contributed by atoms with E-state index < -0.39 is 0 Å². The molecule has 0 amide bonds. The van der Waals surface area contributed by atoms with Crippen LogP contribution in [0.25, 0.3) is 0 Å². The van der Waals surface area contributed by atoms with Crippen LogP contribution in [0.1, 0.15) is 26.2 Å². The molecular formula is C14H21N3O3. The summed E-state index contributed by atoms with van der Waals surface area (Å²) < 4.78 is 5.32. The Morgan fingerprint density at radius 3 is 2.65 bits per heavy atom. The van der Waals surface area contributed by atoms with Crippen molar-refractivity contribution in [3.8, 4) is 0 Å². The average molecular weight is 279 g/mol. The first-order valence-corrected chi connectivity index (χ1v) is 7.06. The van der Waals surface area contributed by atoms with Crippen molar-refractivity contribution in [2.45, 2.75) is 32.2 Å². The molecule has 0 aliphatic carbocycles. The fraction of sp³-hybridized carbons (Fsp3) is 0.571. The summed E-state index contributed by atoms with van der Waals surface area (Å²) in [6.45, 7) is 4.35. The first-order chi connectivity index (χ1) is 9.69. The lowest BCUT2D eigenvalue weighted by molar-refractivity contribution is -0.384. The fourth-order valence-electron chi connectivity index (χ4n) is 2.25. The van der Waals surface area contributed by atoms with Crippen LogP contribution in [0.2, 0.25) is 0 Å². The summed E-state index contributed by atoms with van der Waals surface area (Å²) in [5.74, 6) is 0. The fourth-order valence-corrected chi connectivity index (χ4v) is 2.25. The Morgan fingerprint density at radius 2 is 2.00 bits per heavy atom. The van der Waals surface area contributed by atoms with E-state index in [0.29, 0.717) is 6.04 Å². The zero-order chi connectivity index (χ0) is 14.4. The normalized spacial score (nSPS) is 15.8. The summed E-state index contributed by atoms with van der Waals surface area (Å²) >= 11 is 0. The molecule has 1 aromatic rings. The van der Waals surface area contributed by atoms with Crippen molar-refractivity contribution in [1.29, 1.82) is 0 Å². The van der Waals surface area contributed by atoms with E-state index in [1.165, 1.54) is 0 Å². The summed E-state index contributed by atoms with van der Waals surface area (Å²) in [4.78, 5) is 10.6. The topological polar surface area (TPSA) is 76.4 Å². The monoisotopic (exact) mass is 279 g/mol. The predicted octanol–water partition coefficient (Wildman–Crippen LogP) is 3.01. The van der Waals surface area contributed by atoms with E-state index in [1.54, 1.807) is 12.1 Å². The molecule has 0 bridgehead atoms. The Labute approximate surface area is 118 Å². The molecule has 1 fully saturated rings. The summed E-state index contributed by atoms with van der Waals surface area (Å²) in [6.07, 6.45) is 2.84. The van der Waals surface area contributed by atoms with E-state index in [9.17, 15) is 10.1 Å². The van der Waals surface area contributed by atoms with Crippen molar-refractivity contribution in [2.75, 3.05) is 30.4 Å². The van der Waals surface area contributed by atoms with Crippen LogP contribution in [-0.2, 0) is 4.74 Å². The van der Waals surface area contributed by atoms with Crippen molar-refractivity contribution in [3.05, 3.63) is 28.3 Å². The first-order valence-electron chi connectivity index (χ1n) is 7.06. The summed E-state index contributed by atoms with van der Waals surface area (Å²) in [7, 11) is 0. The van der Waals surface area contributed by atoms with Crippen LogP contribution in [0.3, 0.4) is 0 Å². The van der Waals surface area contributed by atoms with Crippen LogP contribution in [0.5, 0.6) is 0 Å². The number of nitrogens with zero attached hydrogens (tertiary/aromatic N) is 1. The number of anilines is 2. The van der Waals surface area contributed by atoms with Gasteiger partial charge in [0.15, 0.2) is 0 Å². The highest BCUT2D eigenvalue weighted by molar-refractivity contribution is 5.63. The van der Waals surface area contributed by atoms with Gasteiger partial charge in [0.1, 0.15) is 0 Å². The number of nitro groups is 1. The summed E-state index contributed by atoms with van der Waals surface area (Å²) in [5, 5.41) is 17.6. The Kier molecular flexibility index (Phi) is 5.17. The van der Waals surface area contributed by atoms with Crippen molar-refractivity contribution >= 4 is 17.1 Å². The zero-order valence-corrected chi connectivity index (χ0v) is 11.7. The highest BCUT2D eigenvalue weighted by atomic mass is 16.6. The zero-order valence-electron chi connectivity index (χ0n) is 11.7. The highest BCUT2D eigenvalue weighted by Crippen LogP contribution is 2.26. The van der Waals surface area contributed by atoms with Crippen LogP contribution >= 0.6 is 0 Å². The van der Waals surface area contributed by atoms with Gasteiger partial charge in [-0.1, -0.05) is 6.92 Å². The molecule has 0 radical (unpaired) electrons. The van der Waals surface area contributed by atoms with Gasteiger partial charge < -0.3 is 15.4 Å². The largest absolute Gasteiger partial charge is 0.385 e. The molecule has 110 valence electrons. The minimum Gasteiger partial charge on any atom is -0.385 e. The Hall–Kier alpha value is -1.82. The number of hydrogen-bond acceptors (Lipinski definition) is 5. The number of ether oxygens (including phenoxy) is 1. The number of hydrogen-bond donors (Lipinski definition) is 2. The van der Waals surface area contributed by atoms with Crippen LogP contribution in [0, 0.1) is 10.1 Å². The van der Waals surface area contributed by atoms with Gasteiger partial charge in [0.25, 0.3) is 5.69 Å². The van der Waals surface area contributed by atoms with E-state index in [2.05, 4.69) is 17.6 Å². The molecule has 1 aliphatic rings. The summed E-state index contributed by atoms with van der Waals surface area (Å²) in [5.41, 5.74) is 1.70. The molecule has 1 aliphatic heterocycles. The van der Waals surface area contributed by atoms with E-state index >= 15 is 0 Å². The van der Waals surface area contributed by atoms with Gasteiger partial charge in [-0.25, -0.2) is 0 Å². The minimum atomic E-state index is -0.355. The molecule has 2 N–H and O–H groups in total. The molecule has 0 saturated carbocycles. The van der Waals surface area contributed by atoms with Crippen LogP contribution in [0.4, 0.5) is 17.1 Å². The standard InChI is InChI=1S/C14H21N3O3/c1-2-5-15-12-8-13(10-14(9-12)17(18)19)16-11-3-6-20-7-4-11/h8-11,15-16H,2-7H2,1H3. The van der Waals surface area contributed by atoms with E-state index in [4.69, 9.17) is 4.74 Å². The molecule has 1 heterocycles. The lowest BCUT2D eigenvalue weighted by Crippen LogP contribution is -2.27. The second-order valence-electron chi connectivity index (χ2n) is 4.98. The molecular weight excluding hydrogens is 258 g/mol. The van der Waals surface area contributed by atoms with Gasteiger partial charge in [-0.3, -0.25) is 10.1 Å². The first kappa shape index (κ1) is 14.6. The number of nitro benzene ring substituents is 1. The van der Waals surface area contributed by atoms with Crippen molar-refractivity contribution in [2.24, 2.45) is 0 Å². The number of benzene rings is 1. The lowest BCUT2D eigenvalue weighted by atomic mass is 10.1. The quantitative estimate of drug-likeness (QED) is 0.618. The van der Waals surface area contributed by atoms with E-state index in [1.807, 2.05) is 6.07 Å². The van der Waals surface area contributed by atoms with Crippen molar-refractivity contribution in [3.63, 3.8) is 0 Å². The lowest BCUT2D eigenvalue weighted by Gasteiger charge is -2.24. The molecule has 6 nitrogen and oxygen atoms in total. The third-order valence-electron chi connectivity index (χ3n) is 3.30. The van der Waals surface area contributed by atoms with Gasteiger partial charge >= 0.3 is 0 Å². The van der Waals surface area contributed by atoms with Gasteiger partial charge in [-0.05, 0) is 25.3 Å². The van der Waals surface area contributed by atoms with Crippen LogP contribution < -0.4 is 10.6 Å². The van der Waals surface area contributed by atoms with Crippen molar-refractivity contribution < 1.29 is 9.66 Å². The maximum absolute atomic E-state index is 11.0. The molecule has 0 aromatic heterocycles. The van der Waals surface area contributed by atoms with Gasteiger partial charge in [0.05, 0.1) is 4.92 Å². The Morgan fingerprint density at radius 1 is 1.30 bits per heavy atom. The molecule has 0 atom stereocenters. The minimum absolute atomic E-state index is 0.112. The predicted molar refractivity (Wildman–Crippen MR) is 79.3 cm³/mol. The molecule has 0 unspecified atom stereocenters. The Balaban J connectivity index is 2.12. The van der Waals surface area contributed by atoms with Gasteiger partial charge in [0.2, 0.25) is 0 Å². The molecule has 6 heteroatoms.